The summed E-state index contributed by atoms with van der Waals surface area (Å²) in [6, 6.07) is 10.3. The highest BCUT2D eigenvalue weighted by Crippen LogP contribution is 2.33. The Morgan fingerprint density at radius 2 is 2.06 bits per heavy atom. The molecule has 36 heavy (non-hydrogen) atoms. The lowest BCUT2D eigenvalue weighted by Crippen LogP contribution is -2.34. The molecule has 3 heterocycles. The lowest BCUT2D eigenvalue weighted by molar-refractivity contribution is 0.0783. The molecule has 1 atom stereocenters. The van der Waals surface area contributed by atoms with Gasteiger partial charge in [-0.3, -0.25) is 14.0 Å². The molecule has 0 radical (unpaired) electrons. The first-order valence-electron chi connectivity index (χ1n) is 11.6. The summed E-state index contributed by atoms with van der Waals surface area (Å²) in [5.74, 6) is -0.405. The molecule has 10 heteroatoms. The molecule has 0 unspecified atom stereocenters. The van der Waals surface area contributed by atoms with E-state index in [0.29, 0.717) is 41.0 Å². The van der Waals surface area contributed by atoms with Crippen molar-refractivity contribution in [1.29, 1.82) is 5.26 Å². The molecule has 184 valence electrons. The average Bonchev–Trinajstić information content (AvgIpc) is 3.55. The summed E-state index contributed by atoms with van der Waals surface area (Å²) in [6.45, 7) is 5.01. The van der Waals surface area contributed by atoms with Gasteiger partial charge in [0.05, 0.1) is 22.5 Å². The van der Waals surface area contributed by atoms with Crippen molar-refractivity contribution < 1.29 is 9.18 Å². The Morgan fingerprint density at radius 3 is 2.72 bits per heavy atom. The van der Waals surface area contributed by atoms with Crippen molar-refractivity contribution in [2.24, 2.45) is 7.05 Å². The number of imidazole rings is 1. The Morgan fingerprint density at radius 1 is 1.28 bits per heavy atom. The maximum atomic E-state index is 14.6. The molecule has 2 aromatic heterocycles. The van der Waals surface area contributed by atoms with Crippen molar-refractivity contribution in [2.75, 3.05) is 20.1 Å². The Kier molecular flexibility index (Phi) is 6.02. The van der Waals surface area contributed by atoms with Crippen LogP contribution in [0, 0.1) is 31.0 Å². The Balaban J connectivity index is 1.73. The van der Waals surface area contributed by atoms with Gasteiger partial charge in [0, 0.05) is 37.1 Å². The van der Waals surface area contributed by atoms with E-state index >= 15 is 0 Å². The molecule has 5 rings (SSSR count). The first-order chi connectivity index (χ1) is 17.2. The van der Waals surface area contributed by atoms with Gasteiger partial charge in [0.25, 0.3) is 5.91 Å². The molecule has 0 aliphatic carbocycles. The van der Waals surface area contributed by atoms with Crippen LogP contribution in [0.4, 0.5) is 4.39 Å². The molecule has 8 nitrogen and oxygen atoms in total. The van der Waals surface area contributed by atoms with Crippen molar-refractivity contribution in [3.63, 3.8) is 0 Å². The Hall–Kier alpha value is -3.74. The minimum Gasteiger partial charge on any atom is -0.336 e. The van der Waals surface area contributed by atoms with Crippen LogP contribution in [-0.4, -0.2) is 56.3 Å². The van der Waals surface area contributed by atoms with Gasteiger partial charge in [-0.1, -0.05) is 11.6 Å². The number of nitrogens with one attached hydrogen (secondary N) is 1. The maximum absolute atomic E-state index is 14.6. The number of likely N-dealkylation sites (N-methyl/N-ethyl adjacent to an activating group) is 1. The fraction of sp³-hybridized carbons (Fsp3) is 0.308. The number of aryl methyl sites for hydroxylation is 2. The minimum absolute atomic E-state index is 0.0557. The molecule has 1 aliphatic rings. The van der Waals surface area contributed by atoms with E-state index in [1.165, 1.54) is 12.1 Å². The first kappa shape index (κ1) is 24.0. The maximum Gasteiger partial charge on any atom is 0.274 e. The molecule has 1 fully saturated rings. The van der Waals surface area contributed by atoms with Gasteiger partial charge in [-0.05, 0) is 63.2 Å². The van der Waals surface area contributed by atoms with Gasteiger partial charge in [-0.25, -0.2) is 9.37 Å². The molecule has 1 aliphatic heterocycles. The number of fused-ring (bicyclic) bond motifs is 1. The van der Waals surface area contributed by atoms with Crippen LogP contribution in [-0.2, 0) is 7.05 Å². The second-order valence-corrected chi connectivity index (χ2v) is 9.46. The van der Waals surface area contributed by atoms with Crippen LogP contribution < -0.4 is 5.32 Å². The van der Waals surface area contributed by atoms with E-state index in [1.54, 1.807) is 22.7 Å². The smallest absolute Gasteiger partial charge is 0.274 e. The molecule has 1 amide bonds. The number of nitrogens with zero attached hydrogens (tertiary/aromatic N) is 6. The quantitative estimate of drug-likeness (QED) is 0.450. The highest BCUT2D eigenvalue weighted by molar-refractivity contribution is 6.34. The summed E-state index contributed by atoms with van der Waals surface area (Å²) in [5, 5.41) is 18.1. The fourth-order valence-corrected chi connectivity index (χ4v) is 5.01. The standard InChI is InChI=1S/C26H25ClFN7O/c1-14-9-21-19(24(27)33(4)32-21)11-22(14)35-15(2)23(26(36)34-8-7-18(13-34)30-3)31-25(35)16-5-6-17(12-29)20(28)10-16/h5-6,9-11,18,30H,7-8,13H2,1-4H3/t18-/m0/s1. The van der Waals surface area contributed by atoms with E-state index in [9.17, 15) is 14.4 Å². The van der Waals surface area contributed by atoms with Gasteiger partial charge in [0.2, 0.25) is 0 Å². The van der Waals surface area contributed by atoms with Crippen molar-refractivity contribution in [2.45, 2.75) is 26.3 Å². The Labute approximate surface area is 212 Å². The molecular formula is C26H25ClFN7O. The van der Waals surface area contributed by atoms with E-state index < -0.39 is 5.82 Å². The zero-order valence-corrected chi connectivity index (χ0v) is 21.2. The van der Waals surface area contributed by atoms with Gasteiger partial charge in [-0.2, -0.15) is 10.4 Å². The third-order valence-corrected chi connectivity index (χ3v) is 7.31. The number of benzene rings is 2. The number of carbonyl (C=O) groups excluding carboxylic acids is 1. The predicted molar refractivity (Wildman–Crippen MR) is 136 cm³/mol. The topological polar surface area (TPSA) is 91.8 Å². The van der Waals surface area contributed by atoms with E-state index in [0.717, 1.165) is 28.6 Å². The van der Waals surface area contributed by atoms with Crippen LogP contribution in [0.25, 0.3) is 28.0 Å². The van der Waals surface area contributed by atoms with Gasteiger partial charge < -0.3 is 10.2 Å². The van der Waals surface area contributed by atoms with Gasteiger partial charge >= 0.3 is 0 Å². The number of hydrogen-bond donors (Lipinski definition) is 1. The first-order valence-corrected chi connectivity index (χ1v) is 12.0. The zero-order chi connectivity index (χ0) is 25.7. The van der Waals surface area contributed by atoms with Crippen molar-refractivity contribution in [3.05, 3.63) is 63.8 Å². The summed E-state index contributed by atoms with van der Waals surface area (Å²) >= 11 is 6.50. The van der Waals surface area contributed by atoms with Crippen LogP contribution in [0.1, 0.15) is 33.7 Å². The largest absolute Gasteiger partial charge is 0.336 e. The summed E-state index contributed by atoms with van der Waals surface area (Å²) in [7, 11) is 3.66. The molecule has 2 aromatic carbocycles. The SMILES string of the molecule is CN[C@H]1CCN(C(=O)c2nc(-c3ccc(C#N)c(F)c3)n(-c3cc4c(Cl)n(C)nc4cc3C)c2C)C1. The lowest BCUT2D eigenvalue weighted by atomic mass is 10.1. The normalized spacial score (nSPS) is 15.6. The van der Waals surface area contributed by atoms with Crippen molar-refractivity contribution in [1.82, 2.24) is 29.5 Å². The third-order valence-electron chi connectivity index (χ3n) is 6.86. The average molecular weight is 506 g/mol. The number of halogens is 2. The predicted octanol–water partition coefficient (Wildman–Crippen LogP) is 4.14. The van der Waals surface area contributed by atoms with Crippen molar-refractivity contribution in [3.8, 4) is 23.1 Å². The van der Waals surface area contributed by atoms with Gasteiger partial charge in [0.15, 0.2) is 0 Å². The fourth-order valence-electron chi connectivity index (χ4n) is 4.82. The van der Waals surface area contributed by atoms with E-state index in [1.807, 2.05) is 43.7 Å². The number of amides is 1. The molecular weight excluding hydrogens is 481 g/mol. The monoisotopic (exact) mass is 505 g/mol. The van der Waals surface area contributed by atoms with Crippen LogP contribution >= 0.6 is 11.6 Å². The van der Waals surface area contributed by atoms with E-state index in [4.69, 9.17) is 16.6 Å². The van der Waals surface area contributed by atoms with Crippen LogP contribution in [0.3, 0.4) is 0 Å². The molecule has 1 N–H and O–H groups in total. The lowest BCUT2D eigenvalue weighted by Gasteiger charge is -2.16. The zero-order valence-electron chi connectivity index (χ0n) is 20.4. The van der Waals surface area contributed by atoms with Gasteiger partial charge in [-0.15, -0.1) is 0 Å². The van der Waals surface area contributed by atoms with Crippen molar-refractivity contribution >= 4 is 28.4 Å². The number of likely N-dealkylation sites (tertiary alicyclic amines) is 1. The number of hydrogen-bond acceptors (Lipinski definition) is 5. The summed E-state index contributed by atoms with van der Waals surface area (Å²) in [5.41, 5.74) is 3.75. The second kappa shape index (κ2) is 9.04. The molecule has 4 aromatic rings. The minimum atomic E-state index is -0.644. The molecule has 1 saturated heterocycles. The van der Waals surface area contributed by atoms with Crippen LogP contribution in [0.5, 0.6) is 0 Å². The van der Waals surface area contributed by atoms with Gasteiger partial charge in [0.1, 0.15) is 28.6 Å². The number of aromatic nitrogens is 4. The number of nitriles is 1. The summed E-state index contributed by atoms with van der Waals surface area (Å²) in [4.78, 5) is 20.1. The summed E-state index contributed by atoms with van der Waals surface area (Å²) < 4.78 is 18.1. The number of carbonyl (C=O) groups is 1. The summed E-state index contributed by atoms with van der Waals surface area (Å²) in [6.07, 6.45) is 0.866. The number of rotatable bonds is 4. The van der Waals surface area contributed by atoms with Crippen LogP contribution in [0.15, 0.2) is 30.3 Å². The second-order valence-electron chi connectivity index (χ2n) is 9.11. The highest BCUT2D eigenvalue weighted by Gasteiger charge is 2.31. The Bertz CT molecular complexity index is 1560. The van der Waals surface area contributed by atoms with Crippen LogP contribution in [0.2, 0.25) is 5.15 Å². The third kappa shape index (κ3) is 3.83. The molecule has 0 saturated carbocycles. The van der Waals surface area contributed by atoms with E-state index in [-0.39, 0.29) is 17.5 Å². The molecule has 0 bridgehead atoms. The highest BCUT2D eigenvalue weighted by atomic mass is 35.5. The van der Waals surface area contributed by atoms with E-state index in [2.05, 4.69) is 10.4 Å². The molecule has 0 spiro atoms.